The number of rotatable bonds is 2. The molecule has 0 unspecified atom stereocenters. The topological polar surface area (TPSA) is 40.5 Å². The molecule has 2 rings (SSSR count). The van der Waals surface area contributed by atoms with Crippen molar-refractivity contribution >= 4 is 5.91 Å². The Hall–Kier alpha value is -0.570. The third kappa shape index (κ3) is 2.82. The minimum Gasteiger partial charge on any atom is -0.390 e. The van der Waals surface area contributed by atoms with E-state index in [9.17, 15) is 9.90 Å². The van der Waals surface area contributed by atoms with E-state index in [1.807, 2.05) is 11.8 Å². The summed E-state index contributed by atoms with van der Waals surface area (Å²) in [5.41, 5.74) is -0.587. The van der Waals surface area contributed by atoms with Crippen LogP contribution < -0.4 is 0 Å². The number of hydrogen-bond donors (Lipinski definition) is 1. The van der Waals surface area contributed by atoms with Gasteiger partial charge in [0.1, 0.15) is 0 Å². The van der Waals surface area contributed by atoms with Crippen molar-refractivity contribution in [3.05, 3.63) is 0 Å². The number of likely N-dealkylation sites (tertiary alicyclic amines) is 1. The minimum atomic E-state index is -0.587. The Balaban J connectivity index is 1.79. The summed E-state index contributed by atoms with van der Waals surface area (Å²) in [6.45, 7) is 8.19. The van der Waals surface area contributed by atoms with Gasteiger partial charge in [0.25, 0.3) is 0 Å². The lowest BCUT2D eigenvalue weighted by molar-refractivity contribution is -0.151. The summed E-state index contributed by atoms with van der Waals surface area (Å²) in [4.78, 5) is 14.2. The molecule has 0 bridgehead atoms. The first kappa shape index (κ1) is 12.9. The first-order valence-electron chi connectivity index (χ1n) is 6.90. The van der Waals surface area contributed by atoms with Crippen molar-refractivity contribution < 1.29 is 9.90 Å². The molecule has 98 valence electrons. The van der Waals surface area contributed by atoms with E-state index < -0.39 is 5.60 Å². The number of piperidine rings is 1. The van der Waals surface area contributed by atoms with Crippen molar-refractivity contribution in [2.75, 3.05) is 13.1 Å². The zero-order valence-electron chi connectivity index (χ0n) is 11.3. The highest BCUT2D eigenvalue weighted by Crippen LogP contribution is 2.39. The minimum absolute atomic E-state index is 0.0839. The van der Waals surface area contributed by atoms with Gasteiger partial charge in [-0.25, -0.2) is 0 Å². The standard InChI is InChI=1S/C14H25NO2/c1-10(2)11-4-6-15(7-5-11)13(16)12-8-14(3,17)9-12/h10-12,17H,4-9H2,1-3H3. The van der Waals surface area contributed by atoms with Crippen LogP contribution in [0.2, 0.25) is 0 Å². The smallest absolute Gasteiger partial charge is 0.225 e. The molecule has 0 aromatic heterocycles. The Labute approximate surface area is 104 Å². The highest BCUT2D eigenvalue weighted by atomic mass is 16.3. The first-order valence-corrected chi connectivity index (χ1v) is 6.90. The van der Waals surface area contributed by atoms with Crippen LogP contribution >= 0.6 is 0 Å². The quantitative estimate of drug-likeness (QED) is 0.801. The largest absolute Gasteiger partial charge is 0.390 e. The molecule has 1 heterocycles. The maximum atomic E-state index is 12.2. The zero-order valence-corrected chi connectivity index (χ0v) is 11.3. The second-order valence-corrected chi connectivity index (χ2v) is 6.51. The summed E-state index contributed by atoms with van der Waals surface area (Å²) in [5, 5.41) is 9.67. The molecule has 1 amide bonds. The van der Waals surface area contributed by atoms with Crippen molar-refractivity contribution in [3.8, 4) is 0 Å². The molecule has 0 radical (unpaired) electrons. The Kier molecular flexibility index (Phi) is 3.48. The number of amides is 1. The fraction of sp³-hybridized carbons (Fsp3) is 0.929. The van der Waals surface area contributed by atoms with Gasteiger partial charge in [-0.05, 0) is 44.4 Å². The van der Waals surface area contributed by atoms with Gasteiger partial charge in [0.15, 0.2) is 0 Å². The number of aliphatic hydroxyl groups is 1. The van der Waals surface area contributed by atoms with Crippen molar-refractivity contribution in [1.82, 2.24) is 4.90 Å². The predicted molar refractivity (Wildman–Crippen MR) is 67.5 cm³/mol. The molecule has 2 fully saturated rings. The van der Waals surface area contributed by atoms with E-state index in [2.05, 4.69) is 13.8 Å². The zero-order chi connectivity index (χ0) is 12.6. The number of carbonyl (C=O) groups excluding carboxylic acids is 1. The highest BCUT2D eigenvalue weighted by molar-refractivity contribution is 5.80. The van der Waals surface area contributed by atoms with E-state index in [0.717, 1.165) is 37.8 Å². The number of hydrogen-bond acceptors (Lipinski definition) is 2. The third-order valence-corrected chi connectivity index (χ3v) is 4.52. The van der Waals surface area contributed by atoms with Crippen molar-refractivity contribution in [2.45, 2.75) is 52.1 Å². The molecular formula is C14H25NO2. The molecule has 17 heavy (non-hydrogen) atoms. The van der Waals surface area contributed by atoms with E-state index >= 15 is 0 Å². The SMILES string of the molecule is CC(C)C1CCN(C(=O)C2CC(C)(O)C2)CC1. The summed E-state index contributed by atoms with van der Waals surface area (Å²) in [6.07, 6.45) is 3.59. The lowest BCUT2D eigenvalue weighted by Gasteiger charge is -2.43. The van der Waals surface area contributed by atoms with Crippen LogP contribution in [0.25, 0.3) is 0 Å². The first-order chi connectivity index (χ1) is 7.89. The third-order valence-electron chi connectivity index (χ3n) is 4.52. The average Bonchev–Trinajstić information content (AvgIpc) is 2.25. The Morgan fingerprint density at radius 1 is 1.29 bits per heavy atom. The normalized spacial score (nSPS) is 34.9. The summed E-state index contributed by atoms with van der Waals surface area (Å²) in [6, 6.07) is 0. The van der Waals surface area contributed by atoms with Gasteiger partial charge in [0.05, 0.1) is 5.60 Å². The molecule has 0 atom stereocenters. The van der Waals surface area contributed by atoms with Crippen LogP contribution in [0.5, 0.6) is 0 Å². The van der Waals surface area contributed by atoms with Crippen LogP contribution in [0.15, 0.2) is 0 Å². The van der Waals surface area contributed by atoms with E-state index in [-0.39, 0.29) is 11.8 Å². The lowest BCUT2D eigenvalue weighted by atomic mass is 9.71. The molecule has 1 aliphatic heterocycles. The molecule has 2 aliphatic rings. The molecule has 3 heteroatoms. The predicted octanol–water partition coefficient (Wildman–Crippen LogP) is 2.04. The van der Waals surface area contributed by atoms with Gasteiger partial charge in [-0.15, -0.1) is 0 Å². The maximum Gasteiger partial charge on any atom is 0.225 e. The van der Waals surface area contributed by atoms with E-state index in [1.165, 1.54) is 0 Å². The molecule has 1 saturated heterocycles. The van der Waals surface area contributed by atoms with Crippen molar-refractivity contribution in [1.29, 1.82) is 0 Å². The van der Waals surface area contributed by atoms with Gasteiger partial charge in [0, 0.05) is 19.0 Å². The van der Waals surface area contributed by atoms with E-state index in [0.29, 0.717) is 12.8 Å². The molecule has 1 saturated carbocycles. The maximum absolute atomic E-state index is 12.2. The summed E-state index contributed by atoms with van der Waals surface area (Å²) in [5.74, 6) is 1.87. The van der Waals surface area contributed by atoms with Crippen LogP contribution in [-0.2, 0) is 4.79 Å². The lowest BCUT2D eigenvalue weighted by Crippen LogP contribution is -2.51. The van der Waals surface area contributed by atoms with Crippen LogP contribution in [0.1, 0.15) is 46.5 Å². The molecule has 0 aromatic carbocycles. The molecule has 0 spiro atoms. The number of nitrogens with zero attached hydrogens (tertiary/aromatic N) is 1. The van der Waals surface area contributed by atoms with Crippen LogP contribution in [0, 0.1) is 17.8 Å². The van der Waals surface area contributed by atoms with Crippen LogP contribution in [0.3, 0.4) is 0 Å². The highest BCUT2D eigenvalue weighted by Gasteiger charge is 2.44. The van der Waals surface area contributed by atoms with Crippen molar-refractivity contribution in [3.63, 3.8) is 0 Å². The van der Waals surface area contributed by atoms with E-state index in [4.69, 9.17) is 0 Å². The summed E-state index contributed by atoms with van der Waals surface area (Å²) >= 11 is 0. The van der Waals surface area contributed by atoms with Gasteiger partial charge in [0.2, 0.25) is 5.91 Å². The van der Waals surface area contributed by atoms with Gasteiger partial charge >= 0.3 is 0 Å². The fourth-order valence-corrected chi connectivity index (χ4v) is 3.22. The Morgan fingerprint density at radius 2 is 1.82 bits per heavy atom. The number of carbonyl (C=O) groups is 1. The Morgan fingerprint density at radius 3 is 2.24 bits per heavy atom. The summed E-state index contributed by atoms with van der Waals surface area (Å²) < 4.78 is 0. The van der Waals surface area contributed by atoms with Gasteiger partial charge < -0.3 is 10.0 Å². The van der Waals surface area contributed by atoms with Gasteiger partial charge in [-0.2, -0.15) is 0 Å². The van der Waals surface area contributed by atoms with Gasteiger partial charge in [-0.1, -0.05) is 13.8 Å². The Bertz CT molecular complexity index is 283. The molecular weight excluding hydrogens is 214 g/mol. The monoisotopic (exact) mass is 239 g/mol. The van der Waals surface area contributed by atoms with Gasteiger partial charge in [-0.3, -0.25) is 4.79 Å². The van der Waals surface area contributed by atoms with Crippen molar-refractivity contribution in [2.24, 2.45) is 17.8 Å². The van der Waals surface area contributed by atoms with Crippen LogP contribution in [-0.4, -0.2) is 34.6 Å². The van der Waals surface area contributed by atoms with Crippen LogP contribution in [0.4, 0.5) is 0 Å². The fourth-order valence-electron chi connectivity index (χ4n) is 3.22. The molecule has 3 nitrogen and oxygen atoms in total. The van der Waals surface area contributed by atoms with E-state index in [1.54, 1.807) is 0 Å². The second-order valence-electron chi connectivity index (χ2n) is 6.51. The molecule has 1 aliphatic carbocycles. The summed E-state index contributed by atoms with van der Waals surface area (Å²) in [7, 11) is 0. The average molecular weight is 239 g/mol. The molecule has 1 N–H and O–H groups in total. The second kappa shape index (κ2) is 4.60. The molecule has 0 aromatic rings.